The third-order valence-electron chi connectivity index (χ3n) is 5.52. The number of nitrogens with zero attached hydrogens (tertiary/aromatic N) is 2. The molecule has 0 saturated heterocycles. The molecule has 2 aromatic carbocycles. The first-order valence-corrected chi connectivity index (χ1v) is 10.9. The Morgan fingerprint density at radius 2 is 1.84 bits per heavy atom. The van der Waals surface area contributed by atoms with Crippen LogP contribution in [0, 0.1) is 6.92 Å². The topological polar surface area (TPSA) is 67.5 Å². The standard InChI is InChI=1S/C25H29N3O3/c1-4-30-20-11-10-19(23(14-20)31-5-2)15-28-13-12-21-22(16-28)26-24(27-25(21)29)18-8-6-17(3)7-9-18/h6-11,14H,4-5,12-13,15-16H2,1-3H3,(H,26,27,29). The molecule has 1 N–H and O–H groups in total. The third-order valence-corrected chi connectivity index (χ3v) is 5.52. The second-order valence-electron chi connectivity index (χ2n) is 7.80. The summed E-state index contributed by atoms with van der Waals surface area (Å²) in [7, 11) is 0. The molecule has 6 nitrogen and oxygen atoms in total. The van der Waals surface area contributed by atoms with Crippen molar-refractivity contribution in [2.45, 2.75) is 40.3 Å². The van der Waals surface area contributed by atoms with Gasteiger partial charge >= 0.3 is 0 Å². The predicted molar refractivity (Wildman–Crippen MR) is 122 cm³/mol. The van der Waals surface area contributed by atoms with Gasteiger partial charge in [0.15, 0.2) is 0 Å². The maximum atomic E-state index is 12.7. The molecule has 0 saturated carbocycles. The highest BCUT2D eigenvalue weighted by Gasteiger charge is 2.22. The summed E-state index contributed by atoms with van der Waals surface area (Å²) < 4.78 is 11.5. The van der Waals surface area contributed by atoms with E-state index in [0.29, 0.717) is 32.0 Å². The van der Waals surface area contributed by atoms with Gasteiger partial charge in [-0.1, -0.05) is 35.9 Å². The van der Waals surface area contributed by atoms with Gasteiger partial charge in [0.2, 0.25) is 0 Å². The highest BCUT2D eigenvalue weighted by molar-refractivity contribution is 5.55. The Bertz CT molecular complexity index is 1110. The summed E-state index contributed by atoms with van der Waals surface area (Å²) in [6, 6.07) is 14.1. The molecule has 31 heavy (non-hydrogen) atoms. The number of rotatable bonds is 7. The minimum Gasteiger partial charge on any atom is -0.494 e. The van der Waals surface area contributed by atoms with Gasteiger partial charge in [-0.15, -0.1) is 0 Å². The van der Waals surface area contributed by atoms with Crippen molar-refractivity contribution in [1.29, 1.82) is 0 Å². The minimum absolute atomic E-state index is 0.0312. The van der Waals surface area contributed by atoms with Gasteiger partial charge in [0, 0.05) is 42.4 Å². The number of hydrogen-bond donors (Lipinski definition) is 1. The number of aromatic nitrogens is 2. The molecule has 1 aliphatic heterocycles. The van der Waals surface area contributed by atoms with Crippen molar-refractivity contribution >= 4 is 0 Å². The number of benzene rings is 2. The van der Waals surface area contributed by atoms with Crippen LogP contribution in [0.25, 0.3) is 11.4 Å². The molecule has 2 heterocycles. The van der Waals surface area contributed by atoms with E-state index in [1.54, 1.807) is 0 Å². The van der Waals surface area contributed by atoms with E-state index in [-0.39, 0.29) is 5.56 Å². The molecule has 0 bridgehead atoms. The maximum Gasteiger partial charge on any atom is 0.254 e. The molecule has 6 heteroatoms. The highest BCUT2D eigenvalue weighted by Crippen LogP contribution is 2.28. The number of H-pyrrole nitrogens is 1. The van der Waals surface area contributed by atoms with Crippen molar-refractivity contribution in [1.82, 2.24) is 14.9 Å². The Hall–Kier alpha value is -3.12. The molecule has 1 aliphatic rings. The molecule has 3 aromatic rings. The SMILES string of the molecule is CCOc1ccc(CN2CCc3c(nc(-c4ccc(C)cc4)[nH]c3=O)C2)c(OCC)c1. The minimum atomic E-state index is -0.0312. The van der Waals surface area contributed by atoms with E-state index in [4.69, 9.17) is 14.5 Å². The van der Waals surface area contributed by atoms with Gasteiger partial charge in [-0.3, -0.25) is 9.69 Å². The van der Waals surface area contributed by atoms with Crippen LogP contribution in [-0.4, -0.2) is 34.6 Å². The lowest BCUT2D eigenvalue weighted by Crippen LogP contribution is -2.35. The Morgan fingerprint density at radius 3 is 2.58 bits per heavy atom. The molecule has 0 fully saturated rings. The quantitative estimate of drug-likeness (QED) is 0.624. The number of nitrogens with one attached hydrogen (secondary N) is 1. The summed E-state index contributed by atoms with van der Waals surface area (Å²) in [5.41, 5.74) is 4.83. The molecule has 0 unspecified atom stereocenters. The van der Waals surface area contributed by atoms with Gasteiger partial charge in [-0.25, -0.2) is 4.98 Å². The smallest absolute Gasteiger partial charge is 0.254 e. The fraction of sp³-hybridized carbons (Fsp3) is 0.360. The molecule has 0 spiro atoms. The van der Waals surface area contributed by atoms with Crippen LogP contribution in [0.2, 0.25) is 0 Å². The van der Waals surface area contributed by atoms with Crippen molar-refractivity contribution in [3.8, 4) is 22.9 Å². The highest BCUT2D eigenvalue weighted by atomic mass is 16.5. The summed E-state index contributed by atoms with van der Waals surface area (Å²) >= 11 is 0. The number of fused-ring (bicyclic) bond motifs is 1. The molecule has 0 amide bonds. The van der Waals surface area contributed by atoms with E-state index >= 15 is 0 Å². The summed E-state index contributed by atoms with van der Waals surface area (Å²) in [6.07, 6.45) is 0.687. The van der Waals surface area contributed by atoms with Gasteiger partial charge in [0.1, 0.15) is 17.3 Å². The first-order chi connectivity index (χ1) is 15.1. The van der Waals surface area contributed by atoms with E-state index in [0.717, 1.165) is 47.0 Å². The van der Waals surface area contributed by atoms with Crippen LogP contribution in [0.5, 0.6) is 11.5 Å². The van der Waals surface area contributed by atoms with E-state index in [1.807, 2.05) is 57.2 Å². The fourth-order valence-electron chi connectivity index (χ4n) is 3.93. The van der Waals surface area contributed by atoms with Crippen molar-refractivity contribution in [3.05, 3.63) is 75.2 Å². The van der Waals surface area contributed by atoms with Crippen molar-refractivity contribution in [3.63, 3.8) is 0 Å². The number of aryl methyl sites for hydroxylation is 1. The van der Waals surface area contributed by atoms with Gasteiger partial charge in [0.05, 0.1) is 18.9 Å². The van der Waals surface area contributed by atoms with E-state index in [2.05, 4.69) is 16.0 Å². The Kier molecular flexibility index (Phi) is 6.37. The van der Waals surface area contributed by atoms with E-state index in [1.165, 1.54) is 5.56 Å². The Morgan fingerprint density at radius 1 is 1.06 bits per heavy atom. The van der Waals surface area contributed by atoms with Crippen LogP contribution in [0.4, 0.5) is 0 Å². The van der Waals surface area contributed by atoms with Crippen LogP contribution in [0.3, 0.4) is 0 Å². The lowest BCUT2D eigenvalue weighted by atomic mass is 10.0. The number of ether oxygens (including phenoxy) is 2. The monoisotopic (exact) mass is 419 g/mol. The molecule has 0 radical (unpaired) electrons. The van der Waals surface area contributed by atoms with Gasteiger partial charge in [-0.05, 0) is 33.3 Å². The van der Waals surface area contributed by atoms with Gasteiger partial charge in [0.25, 0.3) is 5.56 Å². The first kappa shape index (κ1) is 21.1. The van der Waals surface area contributed by atoms with Gasteiger partial charge in [-0.2, -0.15) is 0 Å². The summed E-state index contributed by atoms with van der Waals surface area (Å²) in [5.74, 6) is 2.29. The third kappa shape index (κ3) is 4.80. The van der Waals surface area contributed by atoms with Crippen molar-refractivity contribution in [2.75, 3.05) is 19.8 Å². The molecule has 0 aliphatic carbocycles. The predicted octanol–water partition coefficient (Wildman–Crippen LogP) is 4.10. The van der Waals surface area contributed by atoms with Crippen LogP contribution in [0.15, 0.2) is 47.3 Å². The lowest BCUT2D eigenvalue weighted by molar-refractivity contribution is 0.234. The molecular formula is C25H29N3O3. The average molecular weight is 420 g/mol. The lowest BCUT2D eigenvalue weighted by Gasteiger charge is -2.28. The summed E-state index contributed by atoms with van der Waals surface area (Å²) in [6.45, 7) is 9.39. The average Bonchev–Trinajstić information content (AvgIpc) is 2.76. The second kappa shape index (κ2) is 9.35. The van der Waals surface area contributed by atoms with Crippen LogP contribution >= 0.6 is 0 Å². The second-order valence-corrected chi connectivity index (χ2v) is 7.80. The zero-order valence-electron chi connectivity index (χ0n) is 18.4. The molecule has 162 valence electrons. The van der Waals surface area contributed by atoms with Crippen molar-refractivity contribution in [2.24, 2.45) is 0 Å². The largest absolute Gasteiger partial charge is 0.494 e. The van der Waals surface area contributed by atoms with Crippen molar-refractivity contribution < 1.29 is 9.47 Å². The molecule has 0 atom stereocenters. The van der Waals surface area contributed by atoms with Crippen LogP contribution in [0.1, 0.15) is 36.2 Å². The van der Waals surface area contributed by atoms with E-state index in [9.17, 15) is 4.79 Å². The maximum absolute atomic E-state index is 12.7. The Labute approximate surface area is 182 Å². The molecule has 4 rings (SSSR count). The first-order valence-electron chi connectivity index (χ1n) is 10.9. The number of hydrogen-bond acceptors (Lipinski definition) is 5. The molecule has 1 aromatic heterocycles. The fourth-order valence-corrected chi connectivity index (χ4v) is 3.93. The van der Waals surface area contributed by atoms with Crippen LogP contribution < -0.4 is 15.0 Å². The normalized spacial score (nSPS) is 13.6. The Balaban J connectivity index is 1.57. The number of aromatic amines is 1. The van der Waals surface area contributed by atoms with Crippen LogP contribution in [-0.2, 0) is 19.5 Å². The summed E-state index contributed by atoms with van der Waals surface area (Å²) in [5, 5.41) is 0. The zero-order chi connectivity index (χ0) is 21.8. The van der Waals surface area contributed by atoms with E-state index < -0.39 is 0 Å². The molecular weight excluding hydrogens is 390 g/mol. The zero-order valence-corrected chi connectivity index (χ0v) is 18.4. The van der Waals surface area contributed by atoms with Gasteiger partial charge < -0.3 is 14.5 Å². The summed E-state index contributed by atoms with van der Waals surface area (Å²) in [4.78, 5) is 22.8.